The summed E-state index contributed by atoms with van der Waals surface area (Å²) in [6.45, 7) is 7.54. The first-order chi connectivity index (χ1) is 12.0. The summed E-state index contributed by atoms with van der Waals surface area (Å²) in [7, 11) is 0. The Morgan fingerprint density at radius 3 is 2.69 bits per heavy atom. The molecule has 3 saturated carbocycles. The van der Waals surface area contributed by atoms with Gasteiger partial charge in [0.15, 0.2) is 5.78 Å². The average Bonchev–Trinajstić information content (AvgIpc) is 2.81. The van der Waals surface area contributed by atoms with Gasteiger partial charge in [-0.05, 0) is 50.7 Å². The van der Waals surface area contributed by atoms with Gasteiger partial charge in [-0.2, -0.15) is 0 Å². The molecule has 3 fully saturated rings. The summed E-state index contributed by atoms with van der Waals surface area (Å²) in [5.74, 6) is -0.754. The molecule has 0 amide bonds. The third-order valence-electron chi connectivity index (χ3n) is 8.42. The van der Waals surface area contributed by atoms with E-state index in [-0.39, 0.29) is 35.2 Å². The van der Waals surface area contributed by atoms with Crippen molar-refractivity contribution in [2.75, 3.05) is 0 Å². The molecule has 0 heterocycles. The van der Waals surface area contributed by atoms with E-state index in [1.807, 2.05) is 19.9 Å². The van der Waals surface area contributed by atoms with Gasteiger partial charge in [-0.25, -0.2) is 4.39 Å². The lowest BCUT2D eigenvalue weighted by Crippen LogP contribution is -2.64. The largest absolute Gasteiger partial charge is 0.393 e. The fourth-order valence-corrected chi connectivity index (χ4v) is 7.28. The van der Waals surface area contributed by atoms with E-state index in [4.69, 9.17) is 0 Å². The Morgan fingerprint density at radius 2 is 2.04 bits per heavy atom. The zero-order chi connectivity index (χ0) is 19.1. The van der Waals surface area contributed by atoms with Crippen molar-refractivity contribution >= 4 is 11.6 Å². The van der Waals surface area contributed by atoms with Crippen molar-refractivity contribution in [2.45, 2.75) is 65.2 Å². The molecule has 0 aliphatic heterocycles. The predicted octanol–water partition coefficient (Wildman–Crippen LogP) is 3.81. The highest BCUT2D eigenvalue weighted by atomic mass is 19.1. The molecule has 0 unspecified atom stereocenters. The molecule has 4 aliphatic rings. The highest BCUT2D eigenvalue weighted by Crippen LogP contribution is 2.69. The molecule has 0 spiro atoms. The molecule has 8 atom stereocenters. The minimum Gasteiger partial charge on any atom is -0.393 e. The van der Waals surface area contributed by atoms with Gasteiger partial charge in [0.1, 0.15) is 11.5 Å². The van der Waals surface area contributed by atoms with Gasteiger partial charge in [0, 0.05) is 28.6 Å². The summed E-state index contributed by atoms with van der Waals surface area (Å²) in [5.41, 5.74) is -1.71. The van der Waals surface area contributed by atoms with E-state index in [2.05, 4.69) is 6.92 Å². The maximum atomic E-state index is 16.7. The molecule has 4 aliphatic carbocycles. The Labute approximate surface area is 154 Å². The number of hydrogen-bond acceptors (Lipinski definition) is 3. The smallest absolute Gasteiger partial charge is 0.178 e. The number of fused-ring (bicyclic) bond motifs is 5. The number of hydrogen-bond donors (Lipinski definition) is 1. The SMILES string of the molecule is CC(=O)[C@H]1CC[C@]2(F)[C@@H]3C[C@H](C)C4=CC(=O)C=C[C@]4(C)[C@H]3[C@@H](O)C[C@]12C. The maximum absolute atomic E-state index is 16.7. The molecule has 0 aromatic rings. The standard InChI is InChI=1S/C22H29FO3/c1-12-9-17-19(20(3)7-5-14(25)10-16(12)20)18(26)11-21(4)15(13(2)24)6-8-22(17,21)23/h5,7,10,12,15,17-19,26H,6,8-9,11H2,1-4H3/t12-,15+,17+,18-,19+,20-,21+,22-/m0/s1. The molecule has 3 nitrogen and oxygen atoms in total. The number of ketones is 2. The van der Waals surface area contributed by atoms with Crippen LogP contribution in [0.4, 0.5) is 4.39 Å². The number of aliphatic hydroxyl groups excluding tert-OH is 1. The predicted molar refractivity (Wildman–Crippen MR) is 97.1 cm³/mol. The summed E-state index contributed by atoms with van der Waals surface area (Å²) < 4.78 is 16.7. The molecule has 4 heteroatoms. The van der Waals surface area contributed by atoms with Gasteiger partial charge < -0.3 is 5.11 Å². The number of alkyl halides is 1. The summed E-state index contributed by atoms with van der Waals surface area (Å²) in [4.78, 5) is 24.1. The summed E-state index contributed by atoms with van der Waals surface area (Å²) in [6, 6.07) is 0. The van der Waals surface area contributed by atoms with Crippen molar-refractivity contribution in [1.29, 1.82) is 0 Å². The fourth-order valence-electron chi connectivity index (χ4n) is 7.28. The minimum atomic E-state index is -1.44. The van der Waals surface area contributed by atoms with Crippen LogP contribution in [-0.2, 0) is 9.59 Å². The fraction of sp³-hybridized carbons (Fsp3) is 0.727. The van der Waals surface area contributed by atoms with E-state index in [1.165, 1.54) is 0 Å². The van der Waals surface area contributed by atoms with E-state index < -0.39 is 22.6 Å². The number of allylic oxidation sites excluding steroid dienone is 4. The molecule has 1 N–H and O–H groups in total. The van der Waals surface area contributed by atoms with Gasteiger partial charge in [0.25, 0.3) is 0 Å². The topological polar surface area (TPSA) is 54.4 Å². The van der Waals surface area contributed by atoms with Crippen LogP contribution < -0.4 is 0 Å². The second-order valence-corrected chi connectivity index (χ2v) is 9.64. The first kappa shape index (κ1) is 18.1. The quantitative estimate of drug-likeness (QED) is 0.774. The van der Waals surface area contributed by atoms with Gasteiger partial charge in [0.2, 0.25) is 0 Å². The number of halogens is 1. The van der Waals surface area contributed by atoms with Crippen molar-refractivity contribution in [3.63, 3.8) is 0 Å². The number of carbonyl (C=O) groups is 2. The van der Waals surface area contributed by atoms with Crippen molar-refractivity contribution < 1.29 is 19.1 Å². The lowest BCUT2D eigenvalue weighted by Gasteiger charge is -2.62. The number of aliphatic hydroxyl groups is 1. The molecular formula is C22H29FO3. The van der Waals surface area contributed by atoms with Crippen LogP contribution >= 0.6 is 0 Å². The van der Waals surface area contributed by atoms with Gasteiger partial charge in [0.05, 0.1) is 6.10 Å². The van der Waals surface area contributed by atoms with Gasteiger partial charge in [-0.1, -0.05) is 32.4 Å². The molecular weight excluding hydrogens is 331 g/mol. The van der Waals surface area contributed by atoms with E-state index in [0.29, 0.717) is 25.7 Å². The lowest BCUT2D eigenvalue weighted by atomic mass is 9.44. The minimum absolute atomic E-state index is 0.0228. The maximum Gasteiger partial charge on any atom is 0.178 e. The van der Waals surface area contributed by atoms with Crippen molar-refractivity contribution in [2.24, 2.45) is 34.5 Å². The molecule has 142 valence electrons. The Morgan fingerprint density at radius 1 is 1.35 bits per heavy atom. The molecule has 0 bridgehead atoms. The number of rotatable bonds is 1. The molecule has 0 saturated heterocycles. The Balaban J connectivity index is 1.83. The highest BCUT2D eigenvalue weighted by Gasteiger charge is 2.71. The van der Waals surface area contributed by atoms with Gasteiger partial charge >= 0.3 is 0 Å². The van der Waals surface area contributed by atoms with Crippen LogP contribution in [-0.4, -0.2) is 28.4 Å². The highest BCUT2D eigenvalue weighted by molar-refractivity contribution is 6.01. The Bertz CT molecular complexity index is 740. The normalized spacial score (nSPS) is 52.8. The number of Topliss-reactive ketones (excluding diaryl/α,β-unsaturated/α-hetero) is 1. The second kappa shape index (κ2) is 5.37. The van der Waals surface area contributed by atoms with Gasteiger partial charge in [-0.3, -0.25) is 9.59 Å². The Hall–Kier alpha value is -1.29. The lowest BCUT2D eigenvalue weighted by molar-refractivity contribution is -0.183. The molecule has 0 aromatic carbocycles. The summed E-state index contributed by atoms with van der Waals surface area (Å²) >= 11 is 0. The van der Waals surface area contributed by atoms with Crippen LogP contribution in [0, 0.1) is 34.5 Å². The van der Waals surface area contributed by atoms with Crippen molar-refractivity contribution in [3.05, 3.63) is 23.8 Å². The Kier molecular flexibility index (Phi) is 3.74. The third-order valence-corrected chi connectivity index (χ3v) is 8.42. The molecule has 0 radical (unpaired) electrons. The molecule has 0 aromatic heterocycles. The van der Waals surface area contributed by atoms with Crippen LogP contribution in [0.2, 0.25) is 0 Å². The summed E-state index contributed by atoms with van der Waals surface area (Å²) in [5, 5.41) is 11.2. The van der Waals surface area contributed by atoms with Crippen molar-refractivity contribution in [1.82, 2.24) is 0 Å². The van der Waals surface area contributed by atoms with E-state index in [1.54, 1.807) is 19.1 Å². The zero-order valence-corrected chi connectivity index (χ0v) is 16.1. The first-order valence-electron chi connectivity index (χ1n) is 9.87. The monoisotopic (exact) mass is 360 g/mol. The zero-order valence-electron chi connectivity index (χ0n) is 16.1. The van der Waals surface area contributed by atoms with Crippen LogP contribution in [0.1, 0.15) is 53.4 Å². The summed E-state index contributed by atoms with van der Waals surface area (Å²) in [6.07, 6.45) is 6.38. The van der Waals surface area contributed by atoms with Crippen LogP contribution in [0.15, 0.2) is 23.8 Å². The third kappa shape index (κ3) is 2.02. The number of carbonyl (C=O) groups excluding carboxylic acids is 2. The van der Waals surface area contributed by atoms with Crippen LogP contribution in [0.5, 0.6) is 0 Å². The van der Waals surface area contributed by atoms with Crippen molar-refractivity contribution in [3.8, 4) is 0 Å². The molecule has 4 rings (SSSR count). The van der Waals surface area contributed by atoms with Crippen LogP contribution in [0.3, 0.4) is 0 Å². The van der Waals surface area contributed by atoms with Gasteiger partial charge in [-0.15, -0.1) is 0 Å². The molecule has 26 heavy (non-hydrogen) atoms. The second-order valence-electron chi connectivity index (χ2n) is 9.64. The van der Waals surface area contributed by atoms with Crippen LogP contribution in [0.25, 0.3) is 0 Å². The average molecular weight is 360 g/mol. The van der Waals surface area contributed by atoms with E-state index in [0.717, 1.165) is 5.57 Å². The first-order valence-corrected chi connectivity index (χ1v) is 9.87. The van der Waals surface area contributed by atoms with E-state index in [9.17, 15) is 14.7 Å². The van der Waals surface area contributed by atoms with E-state index >= 15 is 4.39 Å².